The van der Waals surface area contributed by atoms with Crippen molar-refractivity contribution in [2.24, 2.45) is 5.41 Å². The highest BCUT2D eigenvalue weighted by atomic mass is 31.2. The number of quaternary nitrogens is 1. The summed E-state index contributed by atoms with van der Waals surface area (Å²) < 4.78 is 10.2. The summed E-state index contributed by atoms with van der Waals surface area (Å²) >= 11 is 0. The maximum atomic E-state index is 11.5. The van der Waals surface area contributed by atoms with E-state index in [-0.39, 0.29) is 26.4 Å². The lowest BCUT2D eigenvalue weighted by molar-refractivity contribution is -0.870. The van der Waals surface area contributed by atoms with Crippen LogP contribution in [-0.2, 0) is 9.05 Å². The van der Waals surface area contributed by atoms with E-state index in [0.29, 0.717) is 11.0 Å². The molecule has 1 unspecified atom stereocenters. The average molecular weight is 286 g/mol. The minimum Gasteiger partial charge on any atom is -0.606 e. The van der Waals surface area contributed by atoms with Crippen molar-refractivity contribution >= 4 is 8.17 Å². The lowest BCUT2D eigenvalue weighted by Gasteiger charge is -2.28. The topological polar surface area (TPSA) is 102 Å². The molecule has 8 heteroatoms. The number of nitrogens with zero attached hydrogens (tertiary/aromatic N) is 1. The molecular formula is C10H25NO6P+. The van der Waals surface area contributed by atoms with Crippen molar-refractivity contribution in [3.63, 3.8) is 0 Å². The van der Waals surface area contributed by atoms with Crippen LogP contribution < -0.4 is 4.89 Å². The van der Waals surface area contributed by atoms with E-state index in [4.69, 9.17) is 19.3 Å². The summed E-state index contributed by atoms with van der Waals surface area (Å²) in [5.74, 6) is 0. The Kier molecular flexibility index (Phi) is 7.13. The van der Waals surface area contributed by atoms with Crippen LogP contribution in [0.3, 0.4) is 0 Å². The van der Waals surface area contributed by atoms with Gasteiger partial charge in [-0.2, -0.15) is 13.9 Å². The number of rotatable bonds is 9. The first-order chi connectivity index (χ1) is 8.04. The molecule has 0 aliphatic carbocycles. The molecule has 3 N–H and O–H groups in total. The molecule has 1 atom stereocenters. The Bertz CT molecular complexity index is 239. The number of likely N-dealkylation sites (N-methyl/N-ethyl adjacent to an activating group) is 1. The Morgan fingerprint density at radius 1 is 1.17 bits per heavy atom. The normalized spacial score (nSPS) is 16.7. The maximum Gasteiger partial charge on any atom is 0.377 e. The predicted molar refractivity (Wildman–Crippen MR) is 66.2 cm³/mol. The highest BCUT2D eigenvalue weighted by Gasteiger charge is 2.34. The van der Waals surface area contributed by atoms with E-state index < -0.39 is 13.6 Å². The molecule has 110 valence electrons. The highest BCUT2D eigenvalue weighted by Crippen LogP contribution is 2.48. The molecule has 0 saturated carbocycles. The van der Waals surface area contributed by atoms with Crippen LogP contribution in [-0.4, -0.2) is 73.7 Å². The Balaban J connectivity index is 4.08. The third kappa shape index (κ3) is 8.29. The quantitative estimate of drug-likeness (QED) is 0.361. The molecule has 0 heterocycles. The summed E-state index contributed by atoms with van der Waals surface area (Å²) in [5.41, 5.74) is -0.957. The van der Waals surface area contributed by atoms with E-state index in [1.54, 1.807) is 6.92 Å². The monoisotopic (exact) mass is 286 g/mol. The van der Waals surface area contributed by atoms with Crippen molar-refractivity contribution in [2.45, 2.75) is 6.92 Å². The number of phosphoric acid groups is 1. The van der Waals surface area contributed by atoms with Crippen molar-refractivity contribution in [2.75, 3.05) is 54.1 Å². The molecule has 0 rings (SSSR count). The van der Waals surface area contributed by atoms with Crippen LogP contribution in [0, 0.1) is 5.41 Å². The van der Waals surface area contributed by atoms with Crippen LogP contribution in [0.1, 0.15) is 6.92 Å². The van der Waals surface area contributed by atoms with E-state index in [0.717, 1.165) is 0 Å². The zero-order valence-corrected chi connectivity index (χ0v) is 12.4. The zero-order chi connectivity index (χ0) is 14.4. The Labute approximate surface area is 109 Å². The summed E-state index contributed by atoms with van der Waals surface area (Å²) in [6, 6.07) is 0. The van der Waals surface area contributed by atoms with Crippen LogP contribution >= 0.6 is 8.17 Å². The first kappa shape index (κ1) is 18.1. The van der Waals surface area contributed by atoms with Crippen molar-refractivity contribution in [3.05, 3.63) is 0 Å². The van der Waals surface area contributed by atoms with Crippen LogP contribution in [0.15, 0.2) is 0 Å². The number of phosphoric ester groups is 1. The number of aliphatic hydroxyl groups excluding tert-OH is 2. The Morgan fingerprint density at radius 3 is 2.06 bits per heavy atom. The van der Waals surface area contributed by atoms with Gasteiger partial charge in [0.05, 0.1) is 34.4 Å². The van der Waals surface area contributed by atoms with Gasteiger partial charge in [-0.15, -0.1) is 0 Å². The molecule has 0 aromatic rings. The standard InChI is InChI=1S/C10H24NO6P/c1-10(7-12,8-13)9-17-18(14,15)16-6-5-11(2,3)4/h12-13H,5-9H2,1-4H3/p+1. The van der Waals surface area contributed by atoms with Crippen LogP contribution in [0.25, 0.3) is 0 Å². The summed E-state index contributed by atoms with van der Waals surface area (Å²) in [6.45, 7) is 1.25. The molecule has 0 amide bonds. The number of aliphatic hydroxyl groups is 2. The fourth-order valence-electron chi connectivity index (χ4n) is 0.846. The van der Waals surface area contributed by atoms with Gasteiger partial charge in [-0.25, -0.2) is 0 Å². The second-order valence-electron chi connectivity index (χ2n) is 5.72. The minimum absolute atomic E-state index is 0.0895. The fourth-order valence-corrected chi connectivity index (χ4v) is 1.71. The molecule has 0 radical (unpaired) electrons. The van der Waals surface area contributed by atoms with E-state index in [1.807, 2.05) is 21.1 Å². The minimum atomic E-state index is -4.13. The third-order valence-corrected chi connectivity index (χ3v) is 3.32. The summed E-state index contributed by atoms with van der Waals surface area (Å²) in [7, 11) is 1.66. The van der Waals surface area contributed by atoms with Crippen LogP contribution in [0.2, 0.25) is 0 Å². The molecular weight excluding hydrogens is 261 g/mol. The number of hydrogen-bond acceptors (Lipinski definition) is 6. The van der Waals surface area contributed by atoms with E-state index in [9.17, 15) is 9.79 Å². The van der Waals surface area contributed by atoms with Gasteiger partial charge in [-0.1, -0.05) is 6.92 Å². The van der Waals surface area contributed by atoms with Gasteiger partial charge in [0.1, 0.15) is 19.8 Å². The maximum absolute atomic E-state index is 11.5. The van der Waals surface area contributed by atoms with E-state index >= 15 is 0 Å². The van der Waals surface area contributed by atoms with Gasteiger partial charge >= 0.3 is 8.17 Å². The molecule has 0 aromatic carbocycles. The largest absolute Gasteiger partial charge is 0.606 e. The summed E-state index contributed by atoms with van der Waals surface area (Å²) in [6.07, 6.45) is 0. The van der Waals surface area contributed by atoms with E-state index in [1.165, 1.54) is 0 Å². The Morgan fingerprint density at radius 2 is 1.67 bits per heavy atom. The fraction of sp³-hybridized carbons (Fsp3) is 1.00. The molecule has 7 nitrogen and oxygen atoms in total. The first-order valence-electron chi connectivity index (χ1n) is 5.68. The van der Waals surface area contributed by atoms with Crippen LogP contribution in [0.5, 0.6) is 0 Å². The van der Waals surface area contributed by atoms with Crippen molar-refractivity contribution in [1.29, 1.82) is 0 Å². The third-order valence-electron chi connectivity index (χ3n) is 2.36. The molecule has 0 aliphatic heterocycles. The second kappa shape index (κ2) is 7.07. The van der Waals surface area contributed by atoms with Gasteiger partial charge in [0, 0.05) is 5.41 Å². The van der Waals surface area contributed by atoms with Crippen molar-refractivity contribution < 1.29 is 33.5 Å². The molecule has 0 saturated heterocycles. The molecule has 0 bridgehead atoms. The van der Waals surface area contributed by atoms with Gasteiger partial charge in [0.2, 0.25) is 0 Å². The lowest BCUT2D eigenvalue weighted by Crippen LogP contribution is -2.38. The van der Waals surface area contributed by atoms with Gasteiger partial charge in [-0.3, -0.25) is 0 Å². The second-order valence-corrected chi connectivity index (χ2v) is 7.17. The number of hydrogen-bond donors (Lipinski definition) is 3. The predicted octanol–water partition coefficient (Wildman–Crippen LogP) is -1.25. The molecule has 0 fully saturated rings. The molecule has 18 heavy (non-hydrogen) atoms. The Hall–Kier alpha value is 0.150. The average Bonchev–Trinajstić information content (AvgIpc) is 2.24. The van der Waals surface area contributed by atoms with Crippen molar-refractivity contribution in [1.82, 2.24) is 0 Å². The van der Waals surface area contributed by atoms with Crippen molar-refractivity contribution in [3.8, 4) is 0 Å². The molecule has 0 spiro atoms. The summed E-state index contributed by atoms with van der Waals surface area (Å²) in [5, 5.41) is 18.0. The molecule has 0 aromatic heterocycles. The zero-order valence-electron chi connectivity index (χ0n) is 11.5. The SMILES string of the molecule is CC(CO)(CO)CO[P+]([O-])(O)OCC[N+](C)(C)C. The first-order valence-corrected chi connectivity index (χ1v) is 7.17. The highest BCUT2D eigenvalue weighted by molar-refractivity contribution is 7.52. The van der Waals surface area contributed by atoms with Gasteiger partial charge < -0.3 is 19.6 Å². The molecule has 0 aliphatic rings. The summed E-state index contributed by atoms with van der Waals surface area (Å²) in [4.78, 5) is 20.9. The van der Waals surface area contributed by atoms with Gasteiger partial charge in [-0.05, 0) is 0 Å². The van der Waals surface area contributed by atoms with Crippen LogP contribution in [0.4, 0.5) is 0 Å². The van der Waals surface area contributed by atoms with Gasteiger partial charge in [0.25, 0.3) is 0 Å². The van der Waals surface area contributed by atoms with E-state index in [2.05, 4.69) is 0 Å². The van der Waals surface area contributed by atoms with Gasteiger partial charge in [0.15, 0.2) is 0 Å². The lowest BCUT2D eigenvalue weighted by atomic mass is 9.95. The smallest absolute Gasteiger partial charge is 0.377 e.